The van der Waals surface area contributed by atoms with Crippen LogP contribution in [0.25, 0.3) is 0 Å². The largest absolute Gasteiger partial charge is 0.325 e. The van der Waals surface area contributed by atoms with Crippen LogP contribution in [-0.2, 0) is 9.59 Å². The summed E-state index contributed by atoms with van der Waals surface area (Å²) in [6.07, 6.45) is 6.40. The molecule has 0 fully saturated rings. The molecule has 0 heterocycles. The third-order valence-electron chi connectivity index (χ3n) is 4.18. The molecule has 0 atom stereocenters. The predicted molar refractivity (Wildman–Crippen MR) is 96.5 cm³/mol. The van der Waals surface area contributed by atoms with Crippen LogP contribution in [0, 0.1) is 5.82 Å². The number of nitrogens with zero attached hydrogens (tertiary/aromatic N) is 2. The molecule has 0 saturated carbocycles. The van der Waals surface area contributed by atoms with Crippen molar-refractivity contribution in [1.82, 2.24) is 9.80 Å². The smallest absolute Gasteiger partial charge is 0.240 e. The van der Waals surface area contributed by atoms with Crippen LogP contribution in [0.3, 0.4) is 0 Å². The van der Waals surface area contributed by atoms with Crippen LogP contribution in [0.1, 0.15) is 32.6 Å². The van der Waals surface area contributed by atoms with Gasteiger partial charge >= 0.3 is 0 Å². The fourth-order valence-electron chi connectivity index (χ4n) is 2.96. The number of hydrogen-bond donors (Lipinski definition) is 1. The van der Waals surface area contributed by atoms with Crippen molar-refractivity contribution in [2.45, 2.75) is 32.6 Å². The van der Waals surface area contributed by atoms with Crippen LogP contribution >= 0.6 is 0 Å². The average Bonchev–Trinajstić information content (AvgIpc) is 2.58. The molecule has 0 bridgehead atoms. The van der Waals surface area contributed by atoms with Gasteiger partial charge < -0.3 is 10.2 Å². The summed E-state index contributed by atoms with van der Waals surface area (Å²) in [7, 11) is 1.74. The van der Waals surface area contributed by atoms with Gasteiger partial charge in [0.05, 0.1) is 13.1 Å². The van der Waals surface area contributed by atoms with E-state index in [0.717, 1.165) is 25.0 Å². The Bertz CT molecular complexity index is 628. The van der Waals surface area contributed by atoms with Crippen LogP contribution < -0.4 is 5.32 Å². The second-order valence-corrected chi connectivity index (χ2v) is 6.31. The zero-order valence-electron chi connectivity index (χ0n) is 14.9. The van der Waals surface area contributed by atoms with Crippen LogP contribution in [0.15, 0.2) is 36.0 Å². The molecule has 0 saturated heterocycles. The molecule has 2 rings (SSSR count). The maximum absolute atomic E-state index is 12.9. The highest BCUT2D eigenvalue weighted by molar-refractivity contribution is 5.92. The Balaban J connectivity index is 1.84. The Hall–Kier alpha value is -2.21. The summed E-state index contributed by atoms with van der Waals surface area (Å²) in [5.74, 6) is -0.577. The van der Waals surface area contributed by atoms with Gasteiger partial charge in [-0.05, 0) is 63.9 Å². The van der Waals surface area contributed by atoms with Gasteiger partial charge in [-0.2, -0.15) is 0 Å². The van der Waals surface area contributed by atoms with Gasteiger partial charge in [0.2, 0.25) is 11.8 Å². The van der Waals surface area contributed by atoms with E-state index in [9.17, 15) is 14.0 Å². The Morgan fingerprint density at radius 2 is 1.88 bits per heavy atom. The lowest BCUT2D eigenvalue weighted by Crippen LogP contribution is -2.41. The molecule has 136 valence electrons. The van der Waals surface area contributed by atoms with Crippen LogP contribution in [0.5, 0.6) is 0 Å². The normalized spacial score (nSPS) is 14.2. The zero-order valence-corrected chi connectivity index (χ0v) is 14.9. The van der Waals surface area contributed by atoms with E-state index in [1.54, 1.807) is 11.9 Å². The number of halogens is 1. The van der Waals surface area contributed by atoms with E-state index in [0.29, 0.717) is 12.2 Å². The Morgan fingerprint density at radius 3 is 2.48 bits per heavy atom. The summed E-state index contributed by atoms with van der Waals surface area (Å²) in [6.45, 7) is 2.89. The van der Waals surface area contributed by atoms with Crippen molar-refractivity contribution in [2.75, 3.05) is 32.0 Å². The van der Waals surface area contributed by atoms with E-state index in [2.05, 4.69) is 11.4 Å². The van der Waals surface area contributed by atoms with Crippen LogP contribution in [-0.4, -0.2) is 48.3 Å². The Kier molecular flexibility index (Phi) is 7.13. The molecule has 0 aliphatic heterocycles. The molecule has 0 spiro atoms. The first kappa shape index (κ1) is 19.1. The molecule has 6 heteroatoms. The SMILES string of the molecule is CCN(C(=O)CN(C)CC(=O)Nc1ccc(F)cc1)C1=CCCCC1. The lowest BCUT2D eigenvalue weighted by molar-refractivity contribution is -0.130. The second kappa shape index (κ2) is 9.32. The van der Waals surface area contributed by atoms with E-state index >= 15 is 0 Å². The lowest BCUT2D eigenvalue weighted by atomic mass is 10.0. The minimum absolute atomic E-state index is 0.00716. The second-order valence-electron chi connectivity index (χ2n) is 6.31. The maximum Gasteiger partial charge on any atom is 0.240 e. The number of allylic oxidation sites excluding steroid dienone is 2. The van der Waals surface area contributed by atoms with Gasteiger partial charge in [-0.15, -0.1) is 0 Å². The van der Waals surface area contributed by atoms with Crippen molar-refractivity contribution >= 4 is 17.5 Å². The van der Waals surface area contributed by atoms with Crippen molar-refractivity contribution in [3.05, 3.63) is 41.9 Å². The average molecular weight is 347 g/mol. The molecule has 1 aliphatic rings. The molecule has 0 radical (unpaired) electrons. The predicted octanol–water partition coefficient (Wildman–Crippen LogP) is 3.00. The quantitative estimate of drug-likeness (QED) is 0.825. The third-order valence-corrected chi connectivity index (χ3v) is 4.18. The summed E-state index contributed by atoms with van der Waals surface area (Å²) >= 11 is 0. The fourth-order valence-corrected chi connectivity index (χ4v) is 2.96. The van der Waals surface area contributed by atoms with Crippen molar-refractivity contribution in [3.8, 4) is 0 Å². The van der Waals surface area contributed by atoms with Crippen LogP contribution in [0.4, 0.5) is 10.1 Å². The number of carbonyl (C=O) groups is 2. The summed E-state index contributed by atoms with van der Waals surface area (Å²) in [5, 5.41) is 2.70. The van der Waals surface area contributed by atoms with Crippen molar-refractivity contribution in [3.63, 3.8) is 0 Å². The summed E-state index contributed by atoms with van der Waals surface area (Å²) < 4.78 is 12.9. The highest BCUT2D eigenvalue weighted by Crippen LogP contribution is 2.21. The van der Waals surface area contributed by atoms with E-state index in [1.165, 1.54) is 30.7 Å². The topological polar surface area (TPSA) is 52.7 Å². The molecule has 0 unspecified atom stereocenters. The number of amides is 2. The molecule has 1 N–H and O–H groups in total. The van der Waals surface area contributed by atoms with Gasteiger partial charge in [-0.3, -0.25) is 14.5 Å². The summed E-state index contributed by atoms with van der Waals surface area (Å²) in [6, 6.07) is 5.60. The standard InChI is InChI=1S/C19H26FN3O2/c1-3-23(17-7-5-4-6-8-17)19(25)14-22(2)13-18(24)21-16-11-9-15(20)10-12-16/h7,9-12H,3-6,8,13-14H2,1-2H3,(H,21,24). The van der Waals surface area contributed by atoms with Gasteiger partial charge in [0, 0.05) is 17.9 Å². The van der Waals surface area contributed by atoms with Gasteiger partial charge in [-0.25, -0.2) is 4.39 Å². The molecular formula is C19H26FN3O2. The molecule has 1 aliphatic carbocycles. The molecule has 1 aromatic rings. The number of carbonyl (C=O) groups excluding carboxylic acids is 2. The molecule has 1 aromatic carbocycles. The molecule has 25 heavy (non-hydrogen) atoms. The van der Waals surface area contributed by atoms with Crippen molar-refractivity contribution in [2.24, 2.45) is 0 Å². The number of nitrogens with one attached hydrogen (secondary N) is 1. The lowest BCUT2D eigenvalue weighted by Gasteiger charge is -2.28. The van der Waals surface area contributed by atoms with E-state index in [4.69, 9.17) is 0 Å². The first-order valence-electron chi connectivity index (χ1n) is 8.73. The molecule has 2 amide bonds. The number of rotatable bonds is 7. The van der Waals surface area contributed by atoms with Gasteiger partial charge in [0.25, 0.3) is 0 Å². The minimum atomic E-state index is -0.350. The molecule has 0 aromatic heterocycles. The van der Waals surface area contributed by atoms with Gasteiger partial charge in [0.1, 0.15) is 5.82 Å². The van der Waals surface area contributed by atoms with Gasteiger partial charge in [0.15, 0.2) is 0 Å². The monoisotopic (exact) mass is 347 g/mol. The Labute approximate surface area is 148 Å². The number of likely N-dealkylation sites (N-methyl/N-ethyl adjacent to an activating group) is 2. The number of anilines is 1. The van der Waals surface area contributed by atoms with E-state index in [1.807, 2.05) is 11.8 Å². The zero-order chi connectivity index (χ0) is 18.2. The molecule has 5 nitrogen and oxygen atoms in total. The minimum Gasteiger partial charge on any atom is -0.325 e. The first-order chi connectivity index (χ1) is 12.0. The highest BCUT2D eigenvalue weighted by atomic mass is 19.1. The van der Waals surface area contributed by atoms with Crippen molar-refractivity contribution in [1.29, 1.82) is 0 Å². The highest BCUT2D eigenvalue weighted by Gasteiger charge is 2.20. The van der Waals surface area contributed by atoms with Crippen LogP contribution in [0.2, 0.25) is 0 Å². The maximum atomic E-state index is 12.9. The first-order valence-corrected chi connectivity index (χ1v) is 8.73. The third kappa shape index (κ3) is 5.98. The van der Waals surface area contributed by atoms with Gasteiger partial charge in [-0.1, -0.05) is 6.08 Å². The Morgan fingerprint density at radius 1 is 1.16 bits per heavy atom. The summed E-state index contributed by atoms with van der Waals surface area (Å²) in [4.78, 5) is 28.1. The van der Waals surface area contributed by atoms with Crippen molar-refractivity contribution < 1.29 is 14.0 Å². The number of hydrogen-bond acceptors (Lipinski definition) is 3. The van der Waals surface area contributed by atoms with E-state index in [-0.39, 0.29) is 30.7 Å². The number of benzene rings is 1. The van der Waals surface area contributed by atoms with E-state index < -0.39 is 0 Å². The fraction of sp³-hybridized carbons (Fsp3) is 0.474. The molecular weight excluding hydrogens is 321 g/mol. The summed E-state index contributed by atoms with van der Waals surface area (Å²) in [5.41, 5.74) is 1.64.